The molecule has 0 spiro atoms. The van der Waals surface area contributed by atoms with Crippen LogP contribution in [0.5, 0.6) is 0 Å². The van der Waals surface area contributed by atoms with Gasteiger partial charge in [-0.05, 0) is 48.8 Å². The number of nitrogens with one attached hydrogen (secondary N) is 1. The highest BCUT2D eigenvalue weighted by Crippen LogP contribution is 2.45. The average molecular weight is 334 g/mol. The van der Waals surface area contributed by atoms with E-state index >= 15 is 0 Å². The SMILES string of the molecule is O=C(NCCc1cccc(Cl)c1)[C@@H]1[C@@H](C(=O)O)[C@H]2C=C[C@@H]1CC2. The number of carboxylic acid groups (broad SMARTS) is 1. The Morgan fingerprint density at radius 2 is 1.87 bits per heavy atom. The number of amides is 1. The van der Waals surface area contributed by atoms with E-state index in [4.69, 9.17) is 11.6 Å². The van der Waals surface area contributed by atoms with E-state index in [-0.39, 0.29) is 17.7 Å². The third-order valence-corrected chi connectivity index (χ3v) is 5.17. The second-order valence-corrected chi connectivity index (χ2v) is 6.79. The fourth-order valence-corrected chi connectivity index (χ4v) is 4.04. The van der Waals surface area contributed by atoms with Crippen molar-refractivity contribution in [3.8, 4) is 0 Å². The van der Waals surface area contributed by atoms with Crippen LogP contribution in [0.4, 0.5) is 0 Å². The van der Waals surface area contributed by atoms with Crippen molar-refractivity contribution >= 4 is 23.5 Å². The van der Waals surface area contributed by atoms with Crippen LogP contribution >= 0.6 is 11.6 Å². The van der Waals surface area contributed by atoms with E-state index in [9.17, 15) is 14.7 Å². The zero-order valence-corrected chi connectivity index (χ0v) is 13.5. The van der Waals surface area contributed by atoms with Crippen LogP contribution in [0.25, 0.3) is 0 Å². The number of carbonyl (C=O) groups excluding carboxylic acids is 1. The van der Waals surface area contributed by atoms with Crippen LogP contribution in [0.1, 0.15) is 18.4 Å². The molecular weight excluding hydrogens is 314 g/mol. The largest absolute Gasteiger partial charge is 0.481 e. The molecule has 1 saturated carbocycles. The van der Waals surface area contributed by atoms with Gasteiger partial charge >= 0.3 is 5.97 Å². The van der Waals surface area contributed by atoms with Crippen molar-refractivity contribution in [1.29, 1.82) is 0 Å². The van der Waals surface area contributed by atoms with E-state index in [0.29, 0.717) is 18.0 Å². The van der Waals surface area contributed by atoms with Crippen molar-refractivity contribution in [2.45, 2.75) is 19.3 Å². The molecule has 4 nitrogen and oxygen atoms in total. The molecule has 1 fully saturated rings. The molecule has 3 aliphatic carbocycles. The van der Waals surface area contributed by atoms with Crippen molar-refractivity contribution < 1.29 is 14.7 Å². The number of carboxylic acids is 1. The predicted octanol–water partition coefficient (Wildman–Crippen LogP) is 2.91. The molecule has 0 aliphatic heterocycles. The fourth-order valence-electron chi connectivity index (χ4n) is 3.83. The van der Waals surface area contributed by atoms with E-state index in [1.807, 2.05) is 36.4 Å². The maximum atomic E-state index is 12.5. The van der Waals surface area contributed by atoms with E-state index < -0.39 is 17.8 Å². The van der Waals surface area contributed by atoms with Crippen LogP contribution in [0.2, 0.25) is 5.02 Å². The number of hydrogen-bond donors (Lipinski definition) is 2. The minimum absolute atomic E-state index is 0.0128. The first-order valence-electron chi connectivity index (χ1n) is 7.99. The van der Waals surface area contributed by atoms with Crippen molar-refractivity contribution in [2.24, 2.45) is 23.7 Å². The van der Waals surface area contributed by atoms with Gasteiger partial charge in [-0.15, -0.1) is 0 Å². The van der Waals surface area contributed by atoms with Crippen LogP contribution in [0, 0.1) is 23.7 Å². The summed E-state index contributed by atoms with van der Waals surface area (Å²) >= 11 is 5.94. The van der Waals surface area contributed by atoms with Gasteiger partial charge in [0.1, 0.15) is 0 Å². The molecule has 122 valence electrons. The molecule has 2 bridgehead atoms. The van der Waals surface area contributed by atoms with Crippen LogP contribution < -0.4 is 5.32 Å². The minimum atomic E-state index is -0.862. The van der Waals surface area contributed by atoms with Crippen LogP contribution in [0.3, 0.4) is 0 Å². The second-order valence-electron chi connectivity index (χ2n) is 6.35. The van der Waals surface area contributed by atoms with Crippen molar-refractivity contribution in [3.05, 3.63) is 47.0 Å². The first kappa shape index (κ1) is 16.1. The van der Waals surface area contributed by atoms with Crippen molar-refractivity contribution in [3.63, 3.8) is 0 Å². The lowest BCUT2D eigenvalue weighted by atomic mass is 9.62. The van der Waals surface area contributed by atoms with Crippen LogP contribution in [-0.2, 0) is 16.0 Å². The standard InChI is InChI=1S/C18H20ClNO3/c19-14-3-1-2-11(10-14)8-9-20-17(21)15-12-4-6-13(7-5-12)16(15)18(22)23/h1-4,6,10,12-13,15-16H,5,7-9H2,(H,20,21)(H,22,23)/t12-,13+,15+,16+/m1/s1. The monoisotopic (exact) mass is 333 g/mol. The van der Waals surface area contributed by atoms with Crippen molar-refractivity contribution in [2.75, 3.05) is 6.54 Å². The summed E-state index contributed by atoms with van der Waals surface area (Å²) in [6.07, 6.45) is 6.44. The lowest BCUT2D eigenvalue weighted by Gasteiger charge is -2.41. The second kappa shape index (κ2) is 6.75. The van der Waals surface area contributed by atoms with Crippen LogP contribution in [-0.4, -0.2) is 23.5 Å². The van der Waals surface area contributed by atoms with Gasteiger partial charge in [-0.25, -0.2) is 0 Å². The lowest BCUT2D eigenvalue weighted by Crippen LogP contribution is -2.49. The molecule has 2 N–H and O–H groups in total. The molecule has 1 aromatic carbocycles. The number of aliphatic carboxylic acids is 1. The van der Waals surface area contributed by atoms with E-state index in [2.05, 4.69) is 5.32 Å². The summed E-state index contributed by atoms with van der Waals surface area (Å²) in [5, 5.41) is 13.1. The molecule has 1 amide bonds. The molecule has 0 heterocycles. The van der Waals surface area contributed by atoms with Gasteiger partial charge in [0.2, 0.25) is 5.91 Å². The molecule has 1 aromatic rings. The van der Waals surface area contributed by atoms with Crippen molar-refractivity contribution in [1.82, 2.24) is 5.32 Å². The molecule has 4 rings (SSSR count). The molecule has 0 radical (unpaired) electrons. The zero-order chi connectivity index (χ0) is 16.4. The summed E-state index contributed by atoms with van der Waals surface area (Å²) in [6, 6.07) is 7.53. The highest BCUT2D eigenvalue weighted by Gasteiger charge is 2.47. The number of fused-ring (bicyclic) bond motifs is 2. The normalized spacial score (nSPS) is 28.6. The quantitative estimate of drug-likeness (QED) is 0.814. The van der Waals surface area contributed by atoms with E-state index in [1.54, 1.807) is 0 Å². The van der Waals surface area contributed by atoms with E-state index in [0.717, 1.165) is 18.4 Å². The first-order chi connectivity index (χ1) is 11.1. The van der Waals surface area contributed by atoms with Gasteiger partial charge in [-0.3, -0.25) is 9.59 Å². The summed E-state index contributed by atoms with van der Waals surface area (Å²) in [5.74, 6) is -2.01. The zero-order valence-electron chi connectivity index (χ0n) is 12.7. The van der Waals surface area contributed by atoms with Gasteiger partial charge in [0.25, 0.3) is 0 Å². The predicted molar refractivity (Wildman–Crippen MR) is 88.1 cm³/mol. The van der Waals surface area contributed by atoms with Gasteiger partial charge in [0.15, 0.2) is 0 Å². The third kappa shape index (κ3) is 3.42. The maximum Gasteiger partial charge on any atom is 0.307 e. The molecule has 0 saturated heterocycles. The number of benzene rings is 1. The summed E-state index contributed by atoms with van der Waals surface area (Å²) < 4.78 is 0. The Bertz CT molecular complexity index is 643. The minimum Gasteiger partial charge on any atom is -0.481 e. The number of halogens is 1. The highest BCUT2D eigenvalue weighted by molar-refractivity contribution is 6.30. The topological polar surface area (TPSA) is 66.4 Å². The smallest absolute Gasteiger partial charge is 0.307 e. The van der Waals surface area contributed by atoms with Crippen LogP contribution in [0.15, 0.2) is 36.4 Å². The van der Waals surface area contributed by atoms with Gasteiger partial charge in [0.05, 0.1) is 11.8 Å². The Kier molecular flexibility index (Phi) is 4.71. The van der Waals surface area contributed by atoms with E-state index in [1.165, 1.54) is 0 Å². The highest BCUT2D eigenvalue weighted by atomic mass is 35.5. The molecular formula is C18H20ClNO3. The molecule has 4 atom stereocenters. The molecule has 23 heavy (non-hydrogen) atoms. The first-order valence-corrected chi connectivity index (χ1v) is 8.37. The van der Waals surface area contributed by atoms with Gasteiger partial charge in [-0.1, -0.05) is 35.9 Å². The fraction of sp³-hybridized carbons (Fsp3) is 0.444. The Labute approximate surface area is 140 Å². The van der Waals surface area contributed by atoms with Gasteiger partial charge in [0, 0.05) is 11.6 Å². The Morgan fingerprint density at radius 3 is 2.48 bits per heavy atom. The Hall–Kier alpha value is -1.81. The summed E-state index contributed by atoms with van der Waals surface area (Å²) in [4.78, 5) is 24.1. The maximum absolute atomic E-state index is 12.5. The average Bonchev–Trinajstić information content (AvgIpc) is 2.55. The summed E-state index contributed by atoms with van der Waals surface area (Å²) in [6.45, 7) is 0.489. The number of carbonyl (C=O) groups is 2. The molecule has 3 aliphatic rings. The number of hydrogen-bond acceptors (Lipinski definition) is 2. The lowest BCUT2D eigenvalue weighted by molar-refractivity contribution is -0.152. The summed E-state index contributed by atoms with van der Waals surface area (Å²) in [7, 11) is 0. The number of rotatable bonds is 5. The number of allylic oxidation sites excluding steroid dienone is 2. The molecule has 0 aromatic heterocycles. The summed E-state index contributed by atoms with van der Waals surface area (Å²) in [5.41, 5.74) is 1.05. The van der Waals surface area contributed by atoms with Gasteiger partial charge < -0.3 is 10.4 Å². The Morgan fingerprint density at radius 1 is 1.17 bits per heavy atom. The Balaban J connectivity index is 1.61. The molecule has 0 unspecified atom stereocenters. The molecule has 5 heteroatoms. The van der Waals surface area contributed by atoms with Gasteiger partial charge in [-0.2, -0.15) is 0 Å². The third-order valence-electron chi connectivity index (χ3n) is 4.94.